The summed E-state index contributed by atoms with van der Waals surface area (Å²) in [6, 6.07) is 10.7. The summed E-state index contributed by atoms with van der Waals surface area (Å²) in [6.07, 6.45) is 13.6. The molecule has 0 bridgehead atoms. The van der Waals surface area contributed by atoms with Crippen LogP contribution in [0.2, 0.25) is 0 Å². The lowest BCUT2D eigenvalue weighted by molar-refractivity contribution is -0.121. The van der Waals surface area contributed by atoms with Crippen LogP contribution in [-0.2, 0) is 20.7 Å². The van der Waals surface area contributed by atoms with Crippen molar-refractivity contribution in [3.8, 4) is 0 Å². The van der Waals surface area contributed by atoms with Gasteiger partial charge in [-0.05, 0) is 105 Å². The van der Waals surface area contributed by atoms with Gasteiger partial charge < -0.3 is 10.1 Å². The first-order valence-electron chi connectivity index (χ1n) is 17.8. The lowest BCUT2D eigenvalue weighted by atomic mass is 9.56. The van der Waals surface area contributed by atoms with Crippen molar-refractivity contribution >= 4 is 11.7 Å². The van der Waals surface area contributed by atoms with E-state index in [1.807, 2.05) is 24.3 Å². The van der Waals surface area contributed by atoms with Gasteiger partial charge in [0.25, 0.3) is 0 Å². The Bertz CT molecular complexity index is 1340. The summed E-state index contributed by atoms with van der Waals surface area (Å²) in [5.41, 5.74) is 6.18. The van der Waals surface area contributed by atoms with Crippen molar-refractivity contribution in [3.63, 3.8) is 0 Å². The fraction of sp³-hybridized carbons (Fsp3) is 0.692. The lowest BCUT2D eigenvalue weighted by Crippen LogP contribution is -2.53. The third kappa shape index (κ3) is 5.34. The fourth-order valence-electron chi connectivity index (χ4n) is 11.1. The molecular formula is C39H56N2O3. The van der Waals surface area contributed by atoms with Crippen LogP contribution in [0.4, 0.5) is 0 Å². The Morgan fingerprint density at radius 2 is 1.95 bits per heavy atom. The number of benzene rings is 1. The molecule has 44 heavy (non-hydrogen) atoms. The van der Waals surface area contributed by atoms with Gasteiger partial charge in [-0.3, -0.25) is 14.5 Å². The van der Waals surface area contributed by atoms with Crippen LogP contribution in [-0.4, -0.2) is 54.0 Å². The highest BCUT2D eigenvalue weighted by Crippen LogP contribution is 2.64. The smallest absolute Gasteiger partial charge is 0.220 e. The lowest BCUT2D eigenvalue weighted by Gasteiger charge is -2.48. The molecule has 6 aliphatic rings. The molecule has 5 nitrogen and oxygen atoms in total. The van der Waals surface area contributed by atoms with E-state index < -0.39 is 0 Å². The van der Waals surface area contributed by atoms with Gasteiger partial charge in [-0.2, -0.15) is 0 Å². The second-order valence-corrected chi connectivity index (χ2v) is 15.9. The van der Waals surface area contributed by atoms with Crippen LogP contribution in [0.1, 0.15) is 98.9 Å². The standard InChI is InChI=1S/C39H54N2O3.H2/c1-25-20-35-37(41(24-25)19-18-40-36(43)13-10-28-8-6-5-7-9-28)27(3)39(44-35)17-15-31-32-12-11-29-21-30(42)14-16-38(29,4)34(32)22-33(31)26(2)23-39;/h5-9,21,25,27,31-32,34-35,37H,10-20,22-24H2,1-4H3,(H,40,43);1H/t25-,27+,31-,32?,34-,35+,37-,38-,39-;/m0./s1. The van der Waals surface area contributed by atoms with Crippen molar-refractivity contribution in [2.45, 2.75) is 116 Å². The maximum Gasteiger partial charge on any atom is 0.220 e. The summed E-state index contributed by atoms with van der Waals surface area (Å²) in [5.74, 6) is 3.72. The molecule has 1 spiro atoms. The van der Waals surface area contributed by atoms with Gasteiger partial charge >= 0.3 is 0 Å². The highest BCUT2D eigenvalue weighted by Gasteiger charge is 2.59. The molecule has 2 saturated carbocycles. The van der Waals surface area contributed by atoms with Gasteiger partial charge in [-0.25, -0.2) is 0 Å². The van der Waals surface area contributed by atoms with Crippen molar-refractivity contribution in [2.24, 2.45) is 35.0 Å². The molecule has 7 rings (SSSR count). The first-order chi connectivity index (χ1) is 21.2. The van der Waals surface area contributed by atoms with E-state index in [-0.39, 0.29) is 24.5 Å². The van der Waals surface area contributed by atoms with Gasteiger partial charge in [-0.1, -0.05) is 67.8 Å². The number of nitrogens with one attached hydrogen (secondary N) is 1. The number of ketones is 1. The third-order valence-corrected chi connectivity index (χ3v) is 13.4. The van der Waals surface area contributed by atoms with Crippen molar-refractivity contribution in [2.75, 3.05) is 19.6 Å². The van der Waals surface area contributed by atoms with Crippen LogP contribution < -0.4 is 5.32 Å². The molecular weight excluding hydrogens is 544 g/mol. The van der Waals surface area contributed by atoms with E-state index in [0.29, 0.717) is 48.5 Å². The van der Waals surface area contributed by atoms with E-state index in [2.05, 4.69) is 50.0 Å². The van der Waals surface area contributed by atoms with Crippen molar-refractivity contribution < 1.29 is 15.8 Å². The number of hydrogen-bond acceptors (Lipinski definition) is 4. The Hall–Kier alpha value is -2.24. The fourth-order valence-corrected chi connectivity index (χ4v) is 11.1. The molecule has 2 saturated heterocycles. The van der Waals surface area contributed by atoms with E-state index in [1.165, 1.54) is 30.4 Å². The molecule has 1 amide bonds. The highest BCUT2D eigenvalue weighted by molar-refractivity contribution is 5.91. The number of amides is 1. The Morgan fingerprint density at radius 3 is 2.77 bits per heavy atom. The zero-order valence-electron chi connectivity index (χ0n) is 27.6. The molecule has 5 heteroatoms. The molecule has 4 fully saturated rings. The van der Waals surface area contributed by atoms with Crippen LogP contribution in [0.25, 0.3) is 0 Å². The maximum absolute atomic E-state index is 12.7. The molecule has 2 aliphatic heterocycles. The number of piperidine rings is 1. The quantitative estimate of drug-likeness (QED) is 0.348. The normalized spacial score (nSPS) is 40.1. The number of likely N-dealkylation sites (tertiary alicyclic amines) is 1. The molecule has 1 aromatic rings. The summed E-state index contributed by atoms with van der Waals surface area (Å²) in [6.45, 7) is 12.5. The Morgan fingerprint density at radius 1 is 1.14 bits per heavy atom. The van der Waals surface area contributed by atoms with Gasteiger partial charge in [0, 0.05) is 45.9 Å². The summed E-state index contributed by atoms with van der Waals surface area (Å²) in [5, 5.41) is 3.22. The first-order valence-corrected chi connectivity index (χ1v) is 17.8. The minimum Gasteiger partial charge on any atom is -0.369 e. The van der Waals surface area contributed by atoms with Crippen LogP contribution in [0.3, 0.4) is 0 Å². The molecule has 4 aliphatic carbocycles. The number of fused-ring (bicyclic) bond motifs is 6. The number of nitrogens with zero attached hydrogens (tertiary/aromatic N) is 1. The largest absolute Gasteiger partial charge is 0.369 e. The Balaban J connectivity index is 0.00000357. The molecule has 1 aromatic carbocycles. The number of rotatable bonds is 6. The first kappa shape index (κ1) is 30.4. The molecule has 2 heterocycles. The number of hydrogen-bond donors (Lipinski definition) is 1. The molecule has 0 radical (unpaired) electrons. The van der Waals surface area contributed by atoms with E-state index in [4.69, 9.17) is 4.74 Å². The number of carbonyl (C=O) groups is 2. The maximum atomic E-state index is 12.7. The molecule has 1 N–H and O–H groups in total. The van der Waals surface area contributed by atoms with Crippen molar-refractivity contribution in [3.05, 3.63) is 58.7 Å². The van der Waals surface area contributed by atoms with Gasteiger partial charge in [0.15, 0.2) is 5.78 Å². The third-order valence-electron chi connectivity index (χ3n) is 13.4. The molecule has 1 unspecified atom stereocenters. The van der Waals surface area contributed by atoms with E-state index >= 15 is 0 Å². The highest BCUT2D eigenvalue weighted by atomic mass is 16.5. The van der Waals surface area contributed by atoms with Crippen molar-refractivity contribution in [1.29, 1.82) is 0 Å². The SMILES string of the molecule is CC1=C2C[C@H]3C(CCC4=CC(=O)CC[C@@]43C)[C@@H]2CC[C@@]2(C1)O[C@@H]1C[C@H](C)CN(CCNC(=O)CCc3ccccc3)[C@H]1[C@H]2C.[HH]. The second-order valence-electron chi connectivity index (χ2n) is 15.9. The number of allylic oxidation sites excluding steroid dienone is 3. The average molecular weight is 601 g/mol. The van der Waals surface area contributed by atoms with Crippen LogP contribution in [0, 0.1) is 35.0 Å². The zero-order valence-corrected chi connectivity index (χ0v) is 27.6. The van der Waals surface area contributed by atoms with Gasteiger partial charge in [0.2, 0.25) is 5.91 Å². The predicted octanol–water partition coefficient (Wildman–Crippen LogP) is 7.31. The minimum atomic E-state index is -0.0750. The van der Waals surface area contributed by atoms with E-state index in [0.717, 1.165) is 64.0 Å². The van der Waals surface area contributed by atoms with Gasteiger partial charge in [-0.15, -0.1) is 0 Å². The van der Waals surface area contributed by atoms with Crippen molar-refractivity contribution in [1.82, 2.24) is 10.2 Å². The average Bonchev–Trinajstić information content (AvgIpc) is 3.47. The van der Waals surface area contributed by atoms with Gasteiger partial charge in [0.1, 0.15) is 0 Å². The summed E-state index contributed by atoms with van der Waals surface area (Å²) in [4.78, 5) is 27.6. The summed E-state index contributed by atoms with van der Waals surface area (Å²) >= 11 is 0. The molecule has 0 aromatic heterocycles. The van der Waals surface area contributed by atoms with Crippen LogP contribution in [0.5, 0.6) is 0 Å². The van der Waals surface area contributed by atoms with E-state index in [9.17, 15) is 9.59 Å². The van der Waals surface area contributed by atoms with E-state index in [1.54, 1.807) is 11.1 Å². The molecule has 240 valence electrons. The number of aryl methyl sites for hydroxylation is 1. The number of ether oxygens (including phenoxy) is 1. The Kier molecular flexibility index (Phi) is 8.19. The van der Waals surface area contributed by atoms with Crippen LogP contribution >= 0.6 is 0 Å². The Labute approximate surface area is 266 Å². The van der Waals surface area contributed by atoms with Crippen LogP contribution in [0.15, 0.2) is 53.1 Å². The molecule has 9 atom stereocenters. The second kappa shape index (κ2) is 11.8. The van der Waals surface area contributed by atoms with Gasteiger partial charge in [0.05, 0.1) is 11.7 Å². The summed E-state index contributed by atoms with van der Waals surface area (Å²) in [7, 11) is 0. The topological polar surface area (TPSA) is 58.6 Å². The monoisotopic (exact) mass is 600 g/mol. The number of carbonyl (C=O) groups excluding carboxylic acids is 2. The summed E-state index contributed by atoms with van der Waals surface area (Å²) < 4.78 is 7.28. The zero-order chi connectivity index (χ0) is 30.6. The minimum absolute atomic E-state index is 0. The predicted molar refractivity (Wildman–Crippen MR) is 177 cm³/mol.